The zero-order valence-corrected chi connectivity index (χ0v) is 11.6. The summed E-state index contributed by atoms with van der Waals surface area (Å²) in [5.41, 5.74) is 3.83. The fraction of sp³-hybridized carbons (Fsp3) is 0.533. The summed E-state index contributed by atoms with van der Waals surface area (Å²) in [5.74, 6) is -0.761. The molecule has 0 fully saturated rings. The summed E-state index contributed by atoms with van der Waals surface area (Å²) in [4.78, 5) is 13.3. The van der Waals surface area contributed by atoms with Crippen LogP contribution in [0.5, 0.6) is 0 Å². The average molecular weight is 262 g/mol. The summed E-state index contributed by atoms with van der Waals surface area (Å²) in [6.07, 6.45) is 2.62. The summed E-state index contributed by atoms with van der Waals surface area (Å²) in [5, 5.41) is 12.2. The maximum Gasteiger partial charge on any atom is 0.320 e. The molecule has 1 aliphatic heterocycles. The molecule has 1 aliphatic rings. The molecule has 2 rings (SSSR count). The van der Waals surface area contributed by atoms with Crippen molar-refractivity contribution in [2.24, 2.45) is 0 Å². The highest BCUT2D eigenvalue weighted by Crippen LogP contribution is 2.27. The van der Waals surface area contributed by atoms with Crippen LogP contribution in [0.25, 0.3) is 0 Å². The molecule has 4 nitrogen and oxygen atoms in total. The molecule has 1 unspecified atom stereocenters. The van der Waals surface area contributed by atoms with Gasteiger partial charge >= 0.3 is 5.97 Å². The molecular weight excluding hydrogens is 240 g/mol. The summed E-state index contributed by atoms with van der Waals surface area (Å²) in [7, 11) is 2.10. The van der Waals surface area contributed by atoms with Crippen molar-refractivity contribution in [2.45, 2.75) is 38.8 Å². The molecule has 0 saturated heterocycles. The Morgan fingerprint density at radius 2 is 2.32 bits per heavy atom. The predicted molar refractivity (Wildman–Crippen MR) is 76.6 cm³/mol. The van der Waals surface area contributed by atoms with Crippen LogP contribution in [-0.2, 0) is 17.8 Å². The lowest BCUT2D eigenvalue weighted by Crippen LogP contribution is -2.36. The molecule has 2 N–H and O–H groups in total. The largest absolute Gasteiger partial charge is 0.480 e. The van der Waals surface area contributed by atoms with E-state index >= 15 is 0 Å². The Kier molecular flexibility index (Phi) is 4.43. The van der Waals surface area contributed by atoms with Gasteiger partial charge in [-0.2, -0.15) is 0 Å². The van der Waals surface area contributed by atoms with E-state index in [1.807, 2.05) is 6.92 Å². The molecule has 0 aromatic heterocycles. The van der Waals surface area contributed by atoms with Crippen molar-refractivity contribution in [1.82, 2.24) is 5.32 Å². The number of carbonyl (C=O) groups is 1. The molecule has 1 heterocycles. The van der Waals surface area contributed by atoms with Gasteiger partial charge in [-0.25, -0.2) is 0 Å². The summed E-state index contributed by atoms with van der Waals surface area (Å²) in [6, 6.07) is 5.96. The van der Waals surface area contributed by atoms with Crippen molar-refractivity contribution < 1.29 is 9.90 Å². The van der Waals surface area contributed by atoms with Crippen LogP contribution in [0, 0.1) is 0 Å². The van der Waals surface area contributed by atoms with E-state index in [1.165, 1.54) is 11.3 Å². The number of likely N-dealkylation sites (N-methyl/N-ethyl adjacent to an activating group) is 1. The first-order valence-corrected chi connectivity index (χ1v) is 6.91. The first-order chi connectivity index (χ1) is 9.11. The first kappa shape index (κ1) is 13.9. The van der Waals surface area contributed by atoms with Gasteiger partial charge < -0.3 is 15.3 Å². The van der Waals surface area contributed by atoms with Gasteiger partial charge in [-0.05, 0) is 30.0 Å². The van der Waals surface area contributed by atoms with Crippen molar-refractivity contribution in [3.05, 3.63) is 29.3 Å². The third-order valence-corrected chi connectivity index (χ3v) is 3.70. The van der Waals surface area contributed by atoms with E-state index in [0.717, 1.165) is 24.9 Å². The first-order valence-electron chi connectivity index (χ1n) is 6.91. The zero-order valence-electron chi connectivity index (χ0n) is 11.6. The van der Waals surface area contributed by atoms with Crippen LogP contribution in [0.1, 0.15) is 30.9 Å². The van der Waals surface area contributed by atoms with Gasteiger partial charge in [-0.15, -0.1) is 0 Å². The molecule has 1 aromatic rings. The minimum Gasteiger partial charge on any atom is -0.480 e. The molecule has 0 aliphatic carbocycles. The van der Waals surface area contributed by atoms with Crippen molar-refractivity contribution in [2.75, 3.05) is 18.5 Å². The van der Waals surface area contributed by atoms with E-state index in [9.17, 15) is 4.79 Å². The SMILES string of the molecule is CCCC(NCc1ccc2c(c1)CCN2C)C(=O)O. The van der Waals surface area contributed by atoms with Crippen molar-refractivity contribution in [3.8, 4) is 0 Å². The van der Waals surface area contributed by atoms with Crippen LogP contribution >= 0.6 is 0 Å². The van der Waals surface area contributed by atoms with Crippen LogP contribution in [0.15, 0.2) is 18.2 Å². The van der Waals surface area contributed by atoms with Crippen LogP contribution < -0.4 is 10.2 Å². The lowest BCUT2D eigenvalue weighted by atomic mass is 10.1. The average Bonchev–Trinajstić information content (AvgIpc) is 2.75. The van der Waals surface area contributed by atoms with E-state index < -0.39 is 12.0 Å². The second-order valence-corrected chi connectivity index (χ2v) is 5.20. The van der Waals surface area contributed by atoms with Gasteiger partial charge in [0.2, 0.25) is 0 Å². The Bertz CT molecular complexity index is 459. The number of hydrogen-bond acceptors (Lipinski definition) is 3. The maximum absolute atomic E-state index is 11.1. The number of nitrogens with zero attached hydrogens (tertiary/aromatic N) is 1. The van der Waals surface area contributed by atoms with Gasteiger partial charge in [0, 0.05) is 25.8 Å². The molecule has 0 amide bonds. The number of aliphatic carboxylic acids is 1. The third-order valence-electron chi connectivity index (χ3n) is 3.70. The van der Waals surface area contributed by atoms with Crippen LogP contribution in [0.4, 0.5) is 5.69 Å². The number of rotatable bonds is 6. The number of carboxylic acid groups (broad SMARTS) is 1. The number of anilines is 1. The Morgan fingerprint density at radius 3 is 3.00 bits per heavy atom. The lowest BCUT2D eigenvalue weighted by Gasteiger charge is -2.15. The number of carboxylic acids is 1. The number of nitrogens with one attached hydrogen (secondary N) is 1. The highest BCUT2D eigenvalue weighted by Gasteiger charge is 2.17. The van der Waals surface area contributed by atoms with E-state index in [4.69, 9.17) is 5.11 Å². The van der Waals surface area contributed by atoms with Crippen LogP contribution in [-0.4, -0.2) is 30.7 Å². The fourth-order valence-electron chi connectivity index (χ4n) is 2.57. The highest BCUT2D eigenvalue weighted by molar-refractivity contribution is 5.73. The molecule has 0 spiro atoms. The molecule has 0 radical (unpaired) electrons. The Hall–Kier alpha value is -1.55. The van der Waals surface area contributed by atoms with Gasteiger partial charge in [-0.3, -0.25) is 4.79 Å². The number of benzene rings is 1. The smallest absolute Gasteiger partial charge is 0.320 e. The van der Waals surface area contributed by atoms with Crippen molar-refractivity contribution in [1.29, 1.82) is 0 Å². The van der Waals surface area contributed by atoms with Crippen molar-refractivity contribution in [3.63, 3.8) is 0 Å². The molecule has 1 atom stereocenters. The fourth-order valence-corrected chi connectivity index (χ4v) is 2.57. The van der Waals surface area contributed by atoms with E-state index in [2.05, 4.69) is 35.5 Å². The quantitative estimate of drug-likeness (QED) is 0.823. The minimum absolute atomic E-state index is 0.444. The summed E-state index contributed by atoms with van der Waals surface area (Å²) in [6.45, 7) is 3.69. The Labute approximate surface area is 114 Å². The summed E-state index contributed by atoms with van der Waals surface area (Å²) >= 11 is 0. The van der Waals surface area contributed by atoms with Crippen molar-refractivity contribution >= 4 is 11.7 Å². The normalized spacial score (nSPS) is 15.4. The minimum atomic E-state index is -0.761. The lowest BCUT2D eigenvalue weighted by molar-refractivity contribution is -0.139. The summed E-state index contributed by atoms with van der Waals surface area (Å²) < 4.78 is 0. The maximum atomic E-state index is 11.1. The van der Waals surface area contributed by atoms with Crippen LogP contribution in [0.3, 0.4) is 0 Å². The predicted octanol–water partition coefficient (Wildman–Crippen LogP) is 2.02. The van der Waals surface area contributed by atoms with Gasteiger partial charge in [-0.1, -0.05) is 25.5 Å². The monoisotopic (exact) mass is 262 g/mol. The number of fused-ring (bicyclic) bond motifs is 1. The van der Waals surface area contributed by atoms with Gasteiger partial charge in [0.15, 0.2) is 0 Å². The van der Waals surface area contributed by atoms with Gasteiger partial charge in [0.25, 0.3) is 0 Å². The van der Waals surface area contributed by atoms with Gasteiger partial charge in [0.05, 0.1) is 0 Å². The Morgan fingerprint density at radius 1 is 1.53 bits per heavy atom. The molecule has 104 valence electrons. The number of hydrogen-bond donors (Lipinski definition) is 2. The molecule has 4 heteroatoms. The van der Waals surface area contributed by atoms with E-state index in [1.54, 1.807) is 0 Å². The molecule has 1 aromatic carbocycles. The third kappa shape index (κ3) is 3.26. The van der Waals surface area contributed by atoms with Gasteiger partial charge in [0.1, 0.15) is 6.04 Å². The topological polar surface area (TPSA) is 52.6 Å². The van der Waals surface area contributed by atoms with E-state index in [0.29, 0.717) is 13.0 Å². The second kappa shape index (κ2) is 6.06. The molecule has 19 heavy (non-hydrogen) atoms. The highest BCUT2D eigenvalue weighted by atomic mass is 16.4. The van der Waals surface area contributed by atoms with E-state index in [-0.39, 0.29) is 0 Å². The Balaban J connectivity index is 1.98. The molecule has 0 saturated carbocycles. The standard InChI is InChI=1S/C15H22N2O2/c1-3-4-13(15(18)19)16-10-11-5-6-14-12(9-11)7-8-17(14)2/h5-6,9,13,16H,3-4,7-8,10H2,1-2H3,(H,18,19). The molecular formula is C15H22N2O2. The van der Waals surface area contributed by atoms with Crippen LogP contribution in [0.2, 0.25) is 0 Å². The molecule has 0 bridgehead atoms. The second-order valence-electron chi connectivity index (χ2n) is 5.20. The zero-order chi connectivity index (χ0) is 13.8.